The van der Waals surface area contributed by atoms with Crippen molar-refractivity contribution in [1.82, 2.24) is 20.1 Å². The molecule has 4 amide bonds. The normalized spacial score (nSPS) is 16.4. The minimum atomic E-state index is -1.45. The molecule has 4 rings (SSSR count). The zero-order valence-electron chi connectivity index (χ0n) is 19.6. The summed E-state index contributed by atoms with van der Waals surface area (Å²) in [4.78, 5) is 54.9. The Labute approximate surface area is 206 Å². The molecular weight excluding hydrogens is 466 g/mol. The van der Waals surface area contributed by atoms with Crippen LogP contribution in [0.15, 0.2) is 54.7 Å². The molecule has 1 fully saturated rings. The highest BCUT2D eigenvalue weighted by atomic mass is 16.4. The van der Waals surface area contributed by atoms with Crippen LogP contribution in [0.25, 0.3) is 10.9 Å². The number of aromatic amines is 1. The van der Waals surface area contributed by atoms with Crippen LogP contribution in [0.2, 0.25) is 0 Å². The number of aliphatic hydroxyl groups excluding tert-OH is 1. The Morgan fingerprint density at radius 1 is 1.08 bits per heavy atom. The molecule has 1 aromatic heterocycles. The lowest BCUT2D eigenvalue weighted by Crippen LogP contribution is -2.56. The zero-order valence-corrected chi connectivity index (χ0v) is 19.6. The second-order valence-corrected chi connectivity index (χ2v) is 8.57. The maximum Gasteiger partial charge on any atom is 0.323 e. The number of aromatic nitrogens is 1. The van der Waals surface area contributed by atoms with Gasteiger partial charge in [0.05, 0.1) is 11.2 Å². The molecule has 11 heteroatoms. The Morgan fingerprint density at radius 3 is 2.53 bits per heavy atom. The molecule has 3 aromatic rings. The summed E-state index contributed by atoms with van der Waals surface area (Å²) in [6, 6.07) is 12.9. The lowest BCUT2D eigenvalue weighted by Gasteiger charge is -2.40. The van der Waals surface area contributed by atoms with Gasteiger partial charge in [0.1, 0.15) is 6.54 Å². The van der Waals surface area contributed by atoms with Gasteiger partial charge in [-0.2, -0.15) is 0 Å². The van der Waals surface area contributed by atoms with Crippen molar-refractivity contribution in [3.63, 3.8) is 0 Å². The van der Waals surface area contributed by atoms with Gasteiger partial charge in [0.15, 0.2) is 6.10 Å². The number of para-hydroxylation sites is 1. The predicted octanol–water partition coefficient (Wildman–Crippen LogP) is 1.78. The SMILES string of the molecule is C[C@@H]1CN(C(=O)c2ccccc2)CCN1C(=O)C(O)c1c[nH]c2c(NC(=O)NCC(=O)O)cccc12. The third kappa shape index (κ3) is 5.15. The van der Waals surface area contributed by atoms with E-state index in [1.165, 1.54) is 6.20 Å². The first-order valence-electron chi connectivity index (χ1n) is 11.5. The molecule has 2 atom stereocenters. The number of nitrogens with zero attached hydrogens (tertiary/aromatic N) is 2. The fourth-order valence-corrected chi connectivity index (χ4v) is 4.35. The number of carbonyl (C=O) groups is 4. The molecule has 0 aliphatic carbocycles. The first kappa shape index (κ1) is 24.7. The molecule has 1 aliphatic rings. The van der Waals surface area contributed by atoms with Crippen molar-refractivity contribution in [1.29, 1.82) is 0 Å². The van der Waals surface area contributed by atoms with E-state index in [1.807, 2.05) is 13.0 Å². The number of carboxylic acids is 1. The number of carboxylic acid groups (broad SMARTS) is 1. The van der Waals surface area contributed by atoms with E-state index in [4.69, 9.17) is 5.11 Å². The minimum absolute atomic E-state index is 0.0980. The van der Waals surface area contributed by atoms with Gasteiger partial charge in [-0.25, -0.2) is 4.79 Å². The van der Waals surface area contributed by atoms with Crippen LogP contribution in [0.1, 0.15) is 28.9 Å². The molecule has 11 nitrogen and oxygen atoms in total. The first-order valence-corrected chi connectivity index (χ1v) is 11.5. The zero-order chi connectivity index (χ0) is 25.8. The van der Waals surface area contributed by atoms with Gasteiger partial charge in [0.2, 0.25) is 0 Å². The third-order valence-electron chi connectivity index (χ3n) is 6.14. The summed E-state index contributed by atoms with van der Waals surface area (Å²) in [7, 11) is 0. The minimum Gasteiger partial charge on any atom is -0.480 e. The second kappa shape index (κ2) is 10.5. The highest BCUT2D eigenvalue weighted by Gasteiger charge is 2.34. The maximum atomic E-state index is 13.2. The average Bonchev–Trinajstić information content (AvgIpc) is 3.32. The summed E-state index contributed by atoms with van der Waals surface area (Å²) >= 11 is 0. The maximum absolute atomic E-state index is 13.2. The highest BCUT2D eigenvalue weighted by Crippen LogP contribution is 2.31. The fraction of sp³-hybridized carbons (Fsp3) is 0.280. The van der Waals surface area contributed by atoms with Crippen LogP contribution >= 0.6 is 0 Å². The second-order valence-electron chi connectivity index (χ2n) is 8.57. The number of carbonyl (C=O) groups excluding carboxylic acids is 3. The number of anilines is 1. The molecule has 0 radical (unpaired) electrons. The molecule has 2 aromatic carbocycles. The highest BCUT2D eigenvalue weighted by molar-refractivity contribution is 6.03. The van der Waals surface area contributed by atoms with E-state index in [-0.39, 0.29) is 18.5 Å². The quantitative estimate of drug-likeness (QED) is 0.353. The van der Waals surface area contributed by atoms with Crippen molar-refractivity contribution in [3.05, 3.63) is 65.9 Å². The molecule has 0 spiro atoms. The number of benzene rings is 2. The van der Waals surface area contributed by atoms with Gasteiger partial charge in [0.25, 0.3) is 11.8 Å². The van der Waals surface area contributed by atoms with Crippen molar-refractivity contribution < 1.29 is 29.4 Å². The van der Waals surface area contributed by atoms with E-state index >= 15 is 0 Å². The fourth-order valence-electron chi connectivity index (χ4n) is 4.35. The largest absolute Gasteiger partial charge is 0.480 e. The van der Waals surface area contributed by atoms with Crippen LogP contribution in [0, 0.1) is 0 Å². The molecule has 36 heavy (non-hydrogen) atoms. The number of fused-ring (bicyclic) bond motifs is 1. The number of piperazine rings is 1. The Morgan fingerprint density at radius 2 is 1.83 bits per heavy atom. The molecule has 2 heterocycles. The van der Waals surface area contributed by atoms with Gasteiger partial charge >= 0.3 is 12.0 Å². The Balaban J connectivity index is 1.45. The number of hydrogen-bond donors (Lipinski definition) is 5. The number of amides is 4. The lowest BCUT2D eigenvalue weighted by atomic mass is 10.0. The van der Waals surface area contributed by atoms with Crippen LogP contribution in [0.5, 0.6) is 0 Å². The molecule has 0 bridgehead atoms. The van der Waals surface area contributed by atoms with Gasteiger partial charge in [-0.05, 0) is 25.1 Å². The first-order chi connectivity index (χ1) is 17.3. The van der Waals surface area contributed by atoms with E-state index in [0.29, 0.717) is 40.8 Å². The summed E-state index contributed by atoms with van der Waals surface area (Å²) in [5, 5.41) is 25.0. The third-order valence-corrected chi connectivity index (χ3v) is 6.14. The van der Waals surface area contributed by atoms with Gasteiger partial charge in [-0.1, -0.05) is 30.3 Å². The van der Waals surface area contributed by atoms with Crippen molar-refractivity contribution in [2.24, 2.45) is 0 Å². The molecule has 1 unspecified atom stereocenters. The standard InChI is InChI=1S/C25H27N5O6/c1-15-14-29(23(34)16-6-3-2-4-7-16)10-11-30(15)24(35)22(33)18-12-26-21-17(18)8-5-9-19(21)28-25(36)27-13-20(31)32/h2-9,12,15,22,26,33H,10-11,13-14H2,1H3,(H,31,32)(H2,27,28,36)/t15-,22?/m1/s1. The van der Waals surface area contributed by atoms with Crippen LogP contribution in [-0.4, -0.2) is 81.0 Å². The van der Waals surface area contributed by atoms with Gasteiger partial charge in [-0.15, -0.1) is 0 Å². The van der Waals surface area contributed by atoms with Crippen LogP contribution in [-0.2, 0) is 9.59 Å². The number of H-pyrrole nitrogens is 1. The van der Waals surface area contributed by atoms with E-state index in [2.05, 4.69) is 15.6 Å². The number of aliphatic carboxylic acids is 1. The van der Waals surface area contributed by atoms with E-state index < -0.39 is 30.6 Å². The summed E-state index contributed by atoms with van der Waals surface area (Å²) in [5.41, 5.74) is 1.78. The lowest BCUT2D eigenvalue weighted by molar-refractivity contribution is -0.144. The van der Waals surface area contributed by atoms with Crippen molar-refractivity contribution in [3.8, 4) is 0 Å². The van der Waals surface area contributed by atoms with Crippen molar-refractivity contribution in [2.45, 2.75) is 19.1 Å². The average molecular weight is 494 g/mol. The predicted molar refractivity (Wildman–Crippen MR) is 131 cm³/mol. The molecule has 0 saturated carbocycles. The topological polar surface area (TPSA) is 155 Å². The molecule has 1 saturated heterocycles. The molecule has 1 aliphatic heterocycles. The van der Waals surface area contributed by atoms with Crippen LogP contribution in [0.3, 0.4) is 0 Å². The Kier molecular flexibility index (Phi) is 7.20. The Bertz CT molecular complexity index is 1290. The number of hydrogen-bond acceptors (Lipinski definition) is 5. The van der Waals surface area contributed by atoms with E-state index in [0.717, 1.165) is 0 Å². The van der Waals surface area contributed by atoms with E-state index in [1.54, 1.807) is 52.3 Å². The number of urea groups is 1. The van der Waals surface area contributed by atoms with Crippen molar-refractivity contribution in [2.75, 3.05) is 31.5 Å². The monoisotopic (exact) mass is 493 g/mol. The summed E-state index contributed by atoms with van der Waals surface area (Å²) in [5.74, 6) is -1.75. The van der Waals surface area contributed by atoms with E-state index in [9.17, 15) is 24.3 Å². The Hall–Kier alpha value is -4.38. The summed E-state index contributed by atoms with van der Waals surface area (Å²) < 4.78 is 0. The van der Waals surface area contributed by atoms with Gasteiger partial charge in [0, 0.05) is 48.4 Å². The molecular formula is C25H27N5O6. The number of aliphatic hydroxyl groups is 1. The number of rotatable bonds is 6. The van der Waals surface area contributed by atoms with Crippen molar-refractivity contribution >= 4 is 40.4 Å². The summed E-state index contributed by atoms with van der Waals surface area (Å²) in [6.45, 7) is 2.29. The smallest absolute Gasteiger partial charge is 0.323 e. The van der Waals surface area contributed by atoms with Gasteiger partial charge in [-0.3, -0.25) is 14.4 Å². The van der Waals surface area contributed by atoms with Crippen LogP contribution in [0.4, 0.5) is 10.5 Å². The molecule has 5 N–H and O–H groups in total. The van der Waals surface area contributed by atoms with Crippen LogP contribution < -0.4 is 10.6 Å². The van der Waals surface area contributed by atoms with Gasteiger partial charge < -0.3 is 35.6 Å². The molecule has 188 valence electrons. The number of nitrogens with one attached hydrogen (secondary N) is 3. The summed E-state index contributed by atoms with van der Waals surface area (Å²) in [6.07, 6.45) is 0.0570.